The van der Waals surface area contributed by atoms with Gasteiger partial charge in [0.25, 0.3) is 0 Å². The first-order valence-corrected chi connectivity index (χ1v) is 10.8. The molecule has 1 unspecified atom stereocenters. The van der Waals surface area contributed by atoms with Gasteiger partial charge in [-0.15, -0.1) is 5.10 Å². The highest BCUT2D eigenvalue weighted by Gasteiger charge is 2.39. The average Bonchev–Trinajstić information content (AvgIpc) is 3.30. The van der Waals surface area contributed by atoms with Crippen LogP contribution in [0.3, 0.4) is 0 Å². The van der Waals surface area contributed by atoms with Gasteiger partial charge in [-0.2, -0.15) is 5.26 Å². The summed E-state index contributed by atoms with van der Waals surface area (Å²) in [5.74, 6) is 2.10. The fourth-order valence-corrected chi connectivity index (χ4v) is 4.17. The van der Waals surface area contributed by atoms with Gasteiger partial charge in [0.2, 0.25) is 11.8 Å². The highest BCUT2D eigenvalue weighted by atomic mass is 16.5. The summed E-state index contributed by atoms with van der Waals surface area (Å²) in [7, 11) is 6.18. The van der Waals surface area contributed by atoms with Crippen molar-refractivity contribution in [3.63, 3.8) is 0 Å². The number of hydrogen-bond acceptors (Lipinski definition) is 9. The number of nitriles is 1. The van der Waals surface area contributed by atoms with Crippen LogP contribution in [0, 0.1) is 11.3 Å². The fraction of sp³-hybridized carbons (Fsp3) is 0.280. The third-order valence-corrected chi connectivity index (χ3v) is 5.73. The largest absolute Gasteiger partial charge is 0.496 e. The molecule has 4 rings (SSSR count). The Morgan fingerprint density at radius 1 is 0.971 bits per heavy atom. The number of fused-ring (bicyclic) bond motifs is 1. The maximum atomic E-state index is 10.1. The minimum atomic E-state index is -0.703. The first-order chi connectivity index (χ1) is 17.0. The van der Waals surface area contributed by atoms with E-state index in [9.17, 15) is 5.26 Å². The normalized spacial score (nSPS) is 14.5. The number of allylic oxidation sites excluding steroid dienone is 1. The second kappa shape index (κ2) is 9.77. The summed E-state index contributed by atoms with van der Waals surface area (Å²) in [4.78, 5) is 0. The Morgan fingerprint density at radius 2 is 1.66 bits per heavy atom. The molecule has 1 aromatic heterocycles. The van der Waals surface area contributed by atoms with Gasteiger partial charge in [0, 0.05) is 23.3 Å². The standard InChI is InChI=1S/C25H26N4O6/c1-6-34-16-8-7-13(9-17(16)31-3)23-22-20(15(12-26)24(27)35-25(22)29-28-23)21-18(32-4)10-14(30-2)11-19(21)33-5/h7-11,20H,6,27H2,1-5H3,(H,28,29). The summed E-state index contributed by atoms with van der Waals surface area (Å²) in [6.45, 7) is 2.40. The van der Waals surface area contributed by atoms with Crippen LogP contribution in [0.4, 0.5) is 0 Å². The van der Waals surface area contributed by atoms with Crippen molar-refractivity contribution in [3.8, 4) is 52.0 Å². The van der Waals surface area contributed by atoms with Crippen LogP contribution in [0.25, 0.3) is 11.3 Å². The Bertz CT molecular complexity index is 1300. The average molecular weight is 479 g/mol. The van der Waals surface area contributed by atoms with Crippen LogP contribution >= 0.6 is 0 Å². The molecule has 0 saturated heterocycles. The molecule has 0 saturated carbocycles. The van der Waals surface area contributed by atoms with Gasteiger partial charge in [0.1, 0.15) is 28.9 Å². The van der Waals surface area contributed by atoms with Crippen molar-refractivity contribution in [2.24, 2.45) is 5.73 Å². The highest BCUT2D eigenvalue weighted by Crippen LogP contribution is 2.52. The van der Waals surface area contributed by atoms with E-state index in [0.717, 1.165) is 5.56 Å². The van der Waals surface area contributed by atoms with Crippen molar-refractivity contribution >= 4 is 0 Å². The van der Waals surface area contributed by atoms with E-state index in [4.69, 9.17) is 34.2 Å². The summed E-state index contributed by atoms with van der Waals surface area (Å²) < 4.78 is 33.7. The molecule has 0 amide bonds. The third kappa shape index (κ3) is 4.01. The third-order valence-electron chi connectivity index (χ3n) is 5.73. The molecule has 35 heavy (non-hydrogen) atoms. The zero-order chi connectivity index (χ0) is 25.1. The van der Waals surface area contributed by atoms with Gasteiger partial charge in [-0.05, 0) is 25.1 Å². The highest BCUT2D eigenvalue weighted by molar-refractivity contribution is 5.74. The van der Waals surface area contributed by atoms with Crippen molar-refractivity contribution in [1.29, 1.82) is 5.26 Å². The molecule has 3 N–H and O–H groups in total. The van der Waals surface area contributed by atoms with E-state index < -0.39 is 5.92 Å². The lowest BCUT2D eigenvalue weighted by Crippen LogP contribution is -2.21. The Hall–Kier alpha value is -4.52. The lowest BCUT2D eigenvalue weighted by Gasteiger charge is -2.27. The van der Waals surface area contributed by atoms with E-state index in [2.05, 4.69) is 16.3 Å². The summed E-state index contributed by atoms with van der Waals surface area (Å²) in [6, 6.07) is 11.1. The maximum absolute atomic E-state index is 10.1. The molecular weight excluding hydrogens is 452 g/mol. The molecule has 1 aliphatic rings. The second-order valence-corrected chi connectivity index (χ2v) is 7.49. The molecule has 2 heterocycles. The molecule has 0 radical (unpaired) electrons. The van der Waals surface area contributed by atoms with Crippen LogP contribution in [0.2, 0.25) is 0 Å². The molecule has 1 atom stereocenters. The van der Waals surface area contributed by atoms with Crippen molar-refractivity contribution in [1.82, 2.24) is 10.2 Å². The van der Waals surface area contributed by atoms with Crippen molar-refractivity contribution in [2.75, 3.05) is 35.0 Å². The van der Waals surface area contributed by atoms with Gasteiger partial charge in [0.15, 0.2) is 11.5 Å². The van der Waals surface area contributed by atoms with Gasteiger partial charge >= 0.3 is 0 Å². The van der Waals surface area contributed by atoms with Gasteiger partial charge in [-0.3, -0.25) is 5.10 Å². The van der Waals surface area contributed by atoms with Gasteiger partial charge < -0.3 is 34.2 Å². The Labute approximate surface area is 202 Å². The van der Waals surface area contributed by atoms with E-state index in [1.165, 1.54) is 14.2 Å². The zero-order valence-electron chi connectivity index (χ0n) is 20.1. The molecule has 3 aromatic rings. The SMILES string of the molecule is CCOc1ccc(-c2[nH]nc3c2C(c2c(OC)cc(OC)cc2OC)C(C#N)=C(N)O3)cc1OC. The second-order valence-electron chi connectivity index (χ2n) is 7.49. The summed E-state index contributed by atoms with van der Waals surface area (Å²) in [6.07, 6.45) is 0. The lowest BCUT2D eigenvalue weighted by molar-refractivity contribution is 0.311. The van der Waals surface area contributed by atoms with Crippen LogP contribution in [0.5, 0.6) is 34.6 Å². The predicted octanol–water partition coefficient (Wildman–Crippen LogP) is 3.73. The van der Waals surface area contributed by atoms with E-state index in [1.807, 2.05) is 25.1 Å². The number of nitrogens with zero attached hydrogens (tertiary/aromatic N) is 2. The van der Waals surface area contributed by atoms with E-state index in [-0.39, 0.29) is 17.3 Å². The maximum Gasteiger partial charge on any atom is 0.244 e. The topological polar surface area (TPSA) is 134 Å². The number of methoxy groups -OCH3 is 4. The van der Waals surface area contributed by atoms with Crippen LogP contribution in [0.15, 0.2) is 41.8 Å². The Morgan fingerprint density at radius 3 is 2.23 bits per heavy atom. The molecule has 2 aromatic carbocycles. The number of hydrogen-bond donors (Lipinski definition) is 2. The quantitative estimate of drug-likeness (QED) is 0.497. The monoisotopic (exact) mass is 478 g/mol. The fourth-order valence-electron chi connectivity index (χ4n) is 4.17. The Balaban J connectivity index is 1.98. The van der Waals surface area contributed by atoms with Gasteiger partial charge in [0.05, 0.1) is 52.2 Å². The minimum Gasteiger partial charge on any atom is -0.496 e. The first-order valence-electron chi connectivity index (χ1n) is 10.8. The van der Waals surface area contributed by atoms with Crippen LogP contribution < -0.4 is 34.2 Å². The number of ether oxygens (including phenoxy) is 6. The summed E-state index contributed by atoms with van der Waals surface area (Å²) in [5, 5.41) is 17.4. The number of H-pyrrole nitrogens is 1. The number of nitrogens with two attached hydrogens (primary N) is 1. The van der Waals surface area contributed by atoms with Gasteiger partial charge in [-0.1, -0.05) is 0 Å². The molecule has 0 spiro atoms. The number of benzene rings is 2. The molecule has 182 valence electrons. The smallest absolute Gasteiger partial charge is 0.244 e. The predicted molar refractivity (Wildman–Crippen MR) is 127 cm³/mol. The van der Waals surface area contributed by atoms with Crippen LogP contribution in [-0.4, -0.2) is 45.2 Å². The zero-order valence-corrected chi connectivity index (χ0v) is 20.1. The molecule has 1 aliphatic heterocycles. The minimum absolute atomic E-state index is 0.0488. The summed E-state index contributed by atoms with van der Waals surface area (Å²) in [5.41, 5.74) is 8.90. The molecule has 10 heteroatoms. The van der Waals surface area contributed by atoms with Crippen molar-refractivity contribution < 1.29 is 28.4 Å². The Kier molecular flexibility index (Phi) is 6.59. The lowest BCUT2D eigenvalue weighted by atomic mass is 9.82. The van der Waals surface area contributed by atoms with Crippen LogP contribution in [0.1, 0.15) is 24.0 Å². The van der Waals surface area contributed by atoms with E-state index in [0.29, 0.717) is 52.2 Å². The number of aromatic nitrogens is 2. The molecule has 0 bridgehead atoms. The molecule has 0 aliphatic carbocycles. The van der Waals surface area contributed by atoms with E-state index >= 15 is 0 Å². The molecule has 0 fully saturated rings. The van der Waals surface area contributed by atoms with Crippen molar-refractivity contribution in [2.45, 2.75) is 12.8 Å². The van der Waals surface area contributed by atoms with Crippen LogP contribution in [-0.2, 0) is 0 Å². The number of aromatic amines is 1. The number of rotatable bonds is 8. The molecule has 10 nitrogen and oxygen atoms in total. The molecular formula is C25H26N4O6. The van der Waals surface area contributed by atoms with E-state index in [1.54, 1.807) is 26.4 Å². The number of nitrogens with one attached hydrogen (secondary N) is 1. The summed E-state index contributed by atoms with van der Waals surface area (Å²) >= 11 is 0. The first kappa shape index (κ1) is 23.6. The van der Waals surface area contributed by atoms with Crippen molar-refractivity contribution in [3.05, 3.63) is 52.9 Å². The van der Waals surface area contributed by atoms with Gasteiger partial charge in [-0.25, -0.2) is 0 Å².